The number of nitrogens with zero attached hydrogens (tertiary/aromatic N) is 1. The highest BCUT2D eigenvalue weighted by Gasteiger charge is 2.17. The molecule has 5 heteroatoms. The predicted molar refractivity (Wildman–Crippen MR) is 61.4 cm³/mol. The molecule has 0 aromatic carbocycles. The van der Waals surface area contributed by atoms with Crippen molar-refractivity contribution in [3.05, 3.63) is 10.4 Å². The lowest BCUT2D eigenvalue weighted by Gasteiger charge is -2.19. The number of aryl methyl sites for hydroxylation is 1. The van der Waals surface area contributed by atoms with Crippen LogP contribution in [0.4, 0.5) is 10.6 Å². The molecule has 0 aliphatic carbocycles. The third-order valence-corrected chi connectivity index (χ3v) is 2.63. The first-order valence-electron chi connectivity index (χ1n) is 4.72. The van der Waals surface area contributed by atoms with E-state index in [1.165, 1.54) is 11.5 Å². The first kappa shape index (κ1) is 12.0. The molecule has 15 heavy (non-hydrogen) atoms. The molecule has 0 spiro atoms. The molecule has 1 rings (SSSR count). The van der Waals surface area contributed by atoms with Gasteiger partial charge in [-0.15, -0.1) is 0 Å². The summed E-state index contributed by atoms with van der Waals surface area (Å²) in [6, 6.07) is 0. The van der Waals surface area contributed by atoms with Crippen LogP contribution in [0.3, 0.4) is 0 Å². The Balaban J connectivity index is 2.63. The number of anilines is 1. The summed E-state index contributed by atoms with van der Waals surface area (Å²) in [6.45, 7) is 9.36. The molecule has 0 fully saturated rings. The van der Waals surface area contributed by atoms with E-state index in [4.69, 9.17) is 4.74 Å². The molecule has 0 aliphatic rings. The minimum atomic E-state index is -0.483. The van der Waals surface area contributed by atoms with Gasteiger partial charge in [-0.3, -0.25) is 5.32 Å². The van der Waals surface area contributed by atoms with Crippen molar-refractivity contribution in [2.24, 2.45) is 0 Å². The average molecular weight is 228 g/mol. The molecule has 1 amide bonds. The zero-order chi connectivity index (χ0) is 11.6. The van der Waals surface area contributed by atoms with Crippen LogP contribution in [0, 0.1) is 13.8 Å². The number of hydrogen-bond acceptors (Lipinski definition) is 4. The standard InChI is InChI=1S/C10H16N2O2S/c1-6-7(2)15-12-8(6)11-9(13)14-10(3,4)5/h1-5H3,(H,11,12,13). The SMILES string of the molecule is Cc1snc(NC(=O)OC(C)(C)C)c1C. The van der Waals surface area contributed by atoms with Gasteiger partial charge in [0.05, 0.1) is 0 Å². The van der Waals surface area contributed by atoms with E-state index in [-0.39, 0.29) is 0 Å². The molecule has 0 atom stereocenters. The van der Waals surface area contributed by atoms with Gasteiger partial charge in [0, 0.05) is 10.4 Å². The van der Waals surface area contributed by atoms with Crippen LogP contribution in [0.15, 0.2) is 0 Å². The molecule has 1 heterocycles. The third kappa shape index (κ3) is 3.51. The molecule has 1 aromatic heterocycles. The number of aromatic nitrogens is 1. The zero-order valence-electron chi connectivity index (χ0n) is 9.67. The number of carbonyl (C=O) groups excluding carboxylic acids is 1. The first-order chi connectivity index (χ1) is 6.79. The van der Waals surface area contributed by atoms with Gasteiger partial charge in [-0.05, 0) is 46.2 Å². The van der Waals surface area contributed by atoms with E-state index >= 15 is 0 Å². The van der Waals surface area contributed by atoms with E-state index in [9.17, 15) is 4.79 Å². The van der Waals surface area contributed by atoms with Gasteiger partial charge in [-0.1, -0.05) is 0 Å². The van der Waals surface area contributed by atoms with Crippen LogP contribution in [0.2, 0.25) is 0 Å². The summed E-state index contributed by atoms with van der Waals surface area (Å²) >= 11 is 1.37. The Bertz CT molecular complexity index is 366. The number of rotatable bonds is 1. The Morgan fingerprint density at radius 1 is 1.40 bits per heavy atom. The van der Waals surface area contributed by atoms with E-state index < -0.39 is 11.7 Å². The van der Waals surface area contributed by atoms with Gasteiger partial charge in [0.1, 0.15) is 5.60 Å². The summed E-state index contributed by atoms with van der Waals surface area (Å²) in [5, 5.41) is 2.63. The second kappa shape index (κ2) is 4.18. The molecule has 84 valence electrons. The van der Waals surface area contributed by atoms with Crippen molar-refractivity contribution in [2.75, 3.05) is 5.32 Å². The van der Waals surface area contributed by atoms with Gasteiger partial charge in [0.15, 0.2) is 5.82 Å². The van der Waals surface area contributed by atoms with Crippen molar-refractivity contribution in [3.8, 4) is 0 Å². The number of carbonyl (C=O) groups is 1. The topological polar surface area (TPSA) is 51.2 Å². The minimum absolute atomic E-state index is 0.462. The highest BCUT2D eigenvalue weighted by molar-refractivity contribution is 7.06. The third-order valence-electron chi connectivity index (χ3n) is 1.78. The van der Waals surface area contributed by atoms with Crippen LogP contribution in [-0.2, 0) is 4.74 Å². The summed E-state index contributed by atoms with van der Waals surface area (Å²) in [7, 11) is 0. The van der Waals surface area contributed by atoms with E-state index in [2.05, 4.69) is 9.69 Å². The van der Waals surface area contributed by atoms with Crippen LogP contribution < -0.4 is 5.32 Å². The second-order valence-electron chi connectivity index (χ2n) is 4.34. The van der Waals surface area contributed by atoms with Crippen LogP contribution in [0.25, 0.3) is 0 Å². The van der Waals surface area contributed by atoms with Crippen molar-refractivity contribution in [1.29, 1.82) is 0 Å². The number of nitrogens with one attached hydrogen (secondary N) is 1. The molecular weight excluding hydrogens is 212 g/mol. The van der Waals surface area contributed by atoms with E-state index in [1.807, 2.05) is 34.6 Å². The molecule has 0 saturated carbocycles. The molecule has 0 unspecified atom stereocenters. The van der Waals surface area contributed by atoms with Crippen LogP contribution in [0.1, 0.15) is 31.2 Å². The quantitative estimate of drug-likeness (QED) is 0.803. The van der Waals surface area contributed by atoms with E-state index in [0.29, 0.717) is 5.82 Å². The van der Waals surface area contributed by atoms with Crippen molar-refractivity contribution >= 4 is 23.4 Å². The van der Waals surface area contributed by atoms with Crippen LogP contribution in [0.5, 0.6) is 0 Å². The zero-order valence-corrected chi connectivity index (χ0v) is 10.5. The largest absolute Gasteiger partial charge is 0.444 e. The smallest absolute Gasteiger partial charge is 0.413 e. The lowest BCUT2D eigenvalue weighted by atomic mass is 10.2. The van der Waals surface area contributed by atoms with E-state index in [1.54, 1.807) is 0 Å². The monoisotopic (exact) mass is 228 g/mol. The summed E-state index contributed by atoms with van der Waals surface area (Å²) in [5.41, 5.74) is 0.508. The fraction of sp³-hybridized carbons (Fsp3) is 0.600. The molecular formula is C10H16N2O2S. The van der Waals surface area contributed by atoms with Gasteiger partial charge in [0.25, 0.3) is 0 Å². The minimum Gasteiger partial charge on any atom is -0.444 e. The fourth-order valence-corrected chi connectivity index (χ4v) is 1.58. The molecule has 0 saturated heterocycles. The molecule has 0 radical (unpaired) electrons. The molecule has 0 bridgehead atoms. The molecule has 0 aliphatic heterocycles. The van der Waals surface area contributed by atoms with E-state index in [0.717, 1.165) is 10.4 Å². The van der Waals surface area contributed by atoms with Crippen molar-refractivity contribution < 1.29 is 9.53 Å². The lowest BCUT2D eigenvalue weighted by Crippen LogP contribution is -2.27. The van der Waals surface area contributed by atoms with Gasteiger partial charge < -0.3 is 4.74 Å². The maximum Gasteiger partial charge on any atom is 0.413 e. The maximum atomic E-state index is 11.4. The van der Waals surface area contributed by atoms with Gasteiger partial charge in [0.2, 0.25) is 0 Å². The van der Waals surface area contributed by atoms with Crippen molar-refractivity contribution in [1.82, 2.24) is 4.37 Å². The predicted octanol–water partition coefficient (Wildman–Crippen LogP) is 3.11. The Labute approximate surface area is 93.8 Å². The summed E-state index contributed by atoms with van der Waals surface area (Å²) in [4.78, 5) is 12.5. The maximum absolute atomic E-state index is 11.4. The molecule has 1 aromatic rings. The van der Waals surface area contributed by atoms with Crippen molar-refractivity contribution in [3.63, 3.8) is 0 Å². The Morgan fingerprint density at radius 3 is 2.40 bits per heavy atom. The summed E-state index contributed by atoms with van der Waals surface area (Å²) in [6.07, 6.45) is -0.462. The number of amides is 1. The number of hydrogen-bond donors (Lipinski definition) is 1. The van der Waals surface area contributed by atoms with Crippen molar-refractivity contribution in [2.45, 2.75) is 40.2 Å². The summed E-state index contributed by atoms with van der Waals surface area (Å²) < 4.78 is 9.24. The van der Waals surface area contributed by atoms with Gasteiger partial charge in [-0.25, -0.2) is 4.79 Å². The van der Waals surface area contributed by atoms with Gasteiger partial charge >= 0.3 is 6.09 Å². The summed E-state index contributed by atoms with van der Waals surface area (Å²) in [5.74, 6) is 0.590. The average Bonchev–Trinajstić information content (AvgIpc) is 2.32. The Morgan fingerprint density at radius 2 is 2.00 bits per heavy atom. The highest BCUT2D eigenvalue weighted by atomic mass is 32.1. The lowest BCUT2D eigenvalue weighted by molar-refractivity contribution is 0.0635. The number of ether oxygens (including phenoxy) is 1. The van der Waals surface area contributed by atoms with Crippen LogP contribution in [-0.4, -0.2) is 16.1 Å². The molecule has 1 N–H and O–H groups in total. The fourth-order valence-electron chi connectivity index (χ4n) is 0.935. The first-order valence-corrected chi connectivity index (χ1v) is 5.50. The van der Waals surface area contributed by atoms with Gasteiger partial charge in [-0.2, -0.15) is 4.37 Å². The van der Waals surface area contributed by atoms with Crippen LogP contribution >= 0.6 is 11.5 Å². The second-order valence-corrected chi connectivity index (χ2v) is 5.32. The highest BCUT2D eigenvalue weighted by Crippen LogP contribution is 2.21. The molecule has 4 nitrogen and oxygen atoms in total. The Hall–Kier alpha value is -1.10. The Kier molecular flexibility index (Phi) is 3.34. The normalized spacial score (nSPS) is 11.3.